The van der Waals surface area contributed by atoms with E-state index in [0.717, 1.165) is 5.56 Å². The molecule has 0 aliphatic heterocycles. The van der Waals surface area contributed by atoms with Crippen LogP contribution in [0.25, 0.3) is 0 Å². The third-order valence-corrected chi connectivity index (χ3v) is 3.03. The number of carbonyl (C=O) groups is 1. The first-order valence-corrected chi connectivity index (χ1v) is 6.61. The van der Waals surface area contributed by atoms with E-state index in [-0.39, 0.29) is 12.1 Å². The molecular weight excluding hydrogens is 327 g/mol. The average molecular weight is 340 g/mol. The summed E-state index contributed by atoms with van der Waals surface area (Å²) in [5.74, 6) is -0.743. The van der Waals surface area contributed by atoms with Gasteiger partial charge in [-0.25, -0.2) is 0 Å². The van der Waals surface area contributed by atoms with E-state index in [4.69, 9.17) is 5.11 Å². The lowest BCUT2D eigenvalue weighted by molar-refractivity contribution is -0.141. The van der Waals surface area contributed by atoms with E-state index in [1.165, 1.54) is 12.1 Å². The topological polar surface area (TPSA) is 40.5 Å². The van der Waals surface area contributed by atoms with E-state index in [9.17, 15) is 18.0 Å². The van der Waals surface area contributed by atoms with E-state index in [1.54, 1.807) is 12.1 Å². The molecule has 106 valence electrons. The number of halogens is 4. The van der Waals surface area contributed by atoms with Crippen molar-refractivity contribution in [1.82, 2.24) is 4.90 Å². The number of amides is 1. The fourth-order valence-corrected chi connectivity index (χ4v) is 1.88. The summed E-state index contributed by atoms with van der Waals surface area (Å²) in [7, 11) is 0. The Morgan fingerprint density at radius 1 is 1.26 bits per heavy atom. The lowest BCUT2D eigenvalue weighted by Crippen LogP contribution is -2.40. The van der Waals surface area contributed by atoms with Crippen LogP contribution in [0.5, 0.6) is 0 Å². The second-order valence-electron chi connectivity index (χ2n) is 3.90. The molecule has 1 aromatic carbocycles. The third kappa shape index (κ3) is 5.20. The molecule has 0 atom stereocenters. The first-order chi connectivity index (χ1) is 8.87. The zero-order valence-electron chi connectivity index (χ0n) is 9.95. The zero-order valence-corrected chi connectivity index (χ0v) is 11.5. The molecule has 0 fully saturated rings. The molecule has 3 nitrogen and oxygen atoms in total. The fraction of sp³-hybridized carbons (Fsp3) is 0.417. The Bertz CT molecular complexity index is 420. The highest BCUT2D eigenvalue weighted by Crippen LogP contribution is 2.18. The van der Waals surface area contributed by atoms with E-state index in [1.807, 2.05) is 0 Å². The standard InChI is InChI=1S/C12H13BrF3NO2/c13-7-9-1-3-10(4-2-9)11(19)17(5-6-18)8-12(14,15)16/h1-4,18H,5-8H2. The molecule has 0 aliphatic rings. The van der Waals surface area contributed by atoms with Crippen molar-refractivity contribution in [1.29, 1.82) is 0 Å². The van der Waals surface area contributed by atoms with Gasteiger partial charge in [0.2, 0.25) is 0 Å². The Morgan fingerprint density at radius 3 is 2.26 bits per heavy atom. The summed E-state index contributed by atoms with van der Waals surface area (Å²) in [6, 6.07) is 6.26. The van der Waals surface area contributed by atoms with Gasteiger partial charge in [0, 0.05) is 17.4 Å². The number of rotatable bonds is 5. The molecule has 0 aliphatic carbocycles. The molecule has 19 heavy (non-hydrogen) atoms. The van der Waals surface area contributed by atoms with Gasteiger partial charge in [0.05, 0.1) is 6.61 Å². The quantitative estimate of drug-likeness (QED) is 0.837. The van der Waals surface area contributed by atoms with Crippen molar-refractivity contribution >= 4 is 21.8 Å². The molecule has 1 amide bonds. The molecular formula is C12H13BrF3NO2. The van der Waals surface area contributed by atoms with Gasteiger partial charge >= 0.3 is 6.18 Å². The summed E-state index contributed by atoms with van der Waals surface area (Å²) >= 11 is 3.24. The maximum atomic E-state index is 12.3. The molecule has 0 spiro atoms. The molecule has 1 aromatic rings. The molecule has 0 saturated carbocycles. The number of benzene rings is 1. The number of alkyl halides is 4. The monoisotopic (exact) mass is 339 g/mol. The number of nitrogens with zero attached hydrogens (tertiary/aromatic N) is 1. The molecule has 1 rings (SSSR count). The largest absolute Gasteiger partial charge is 0.406 e. The summed E-state index contributed by atoms with van der Waals surface area (Å²) in [5, 5.41) is 9.35. The summed E-state index contributed by atoms with van der Waals surface area (Å²) in [5.41, 5.74) is 1.09. The first-order valence-electron chi connectivity index (χ1n) is 5.49. The Kier molecular flexibility index (Phi) is 5.81. The van der Waals surface area contributed by atoms with Gasteiger partial charge in [-0.3, -0.25) is 4.79 Å². The first kappa shape index (κ1) is 16.0. The van der Waals surface area contributed by atoms with Gasteiger partial charge in [-0.1, -0.05) is 28.1 Å². The predicted octanol–water partition coefficient (Wildman–Crippen LogP) is 2.58. The van der Waals surface area contributed by atoms with Crippen LogP contribution < -0.4 is 0 Å². The lowest BCUT2D eigenvalue weighted by atomic mass is 10.1. The smallest absolute Gasteiger partial charge is 0.395 e. The van der Waals surface area contributed by atoms with E-state index >= 15 is 0 Å². The Balaban J connectivity index is 2.85. The van der Waals surface area contributed by atoms with Crippen molar-refractivity contribution < 1.29 is 23.1 Å². The van der Waals surface area contributed by atoms with Gasteiger partial charge in [-0.2, -0.15) is 13.2 Å². The van der Waals surface area contributed by atoms with E-state index < -0.39 is 25.2 Å². The summed E-state index contributed by atoms with van der Waals surface area (Å²) in [6.07, 6.45) is -4.49. The number of carbonyl (C=O) groups excluding carboxylic acids is 1. The molecule has 7 heteroatoms. The Morgan fingerprint density at radius 2 is 1.84 bits per heavy atom. The Labute approximate surface area is 117 Å². The minimum atomic E-state index is -4.49. The summed E-state index contributed by atoms with van der Waals surface area (Å²) in [6.45, 7) is -2.23. The van der Waals surface area contributed by atoms with Crippen LogP contribution in [0.3, 0.4) is 0 Å². The average Bonchev–Trinajstić information content (AvgIpc) is 2.36. The van der Waals surface area contributed by atoms with Gasteiger partial charge in [-0.05, 0) is 17.7 Å². The molecule has 0 aromatic heterocycles. The van der Waals surface area contributed by atoms with E-state index in [2.05, 4.69) is 15.9 Å². The van der Waals surface area contributed by atoms with Crippen LogP contribution in [-0.4, -0.2) is 41.8 Å². The summed E-state index contributed by atoms with van der Waals surface area (Å²) in [4.78, 5) is 12.5. The van der Waals surface area contributed by atoms with Crippen LogP contribution >= 0.6 is 15.9 Å². The Hall–Kier alpha value is -1.08. The highest BCUT2D eigenvalue weighted by molar-refractivity contribution is 9.08. The molecule has 0 bridgehead atoms. The van der Waals surface area contributed by atoms with Crippen molar-refractivity contribution in [3.63, 3.8) is 0 Å². The highest BCUT2D eigenvalue weighted by Gasteiger charge is 2.33. The SMILES string of the molecule is O=C(c1ccc(CBr)cc1)N(CCO)CC(F)(F)F. The van der Waals surface area contributed by atoms with Crippen LogP contribution in [-0.2, 0) is 5.33 Å². The van der Waals surface area contributed by atoms with Crippen LogP contribution in [0.2, 0.25) is 0 Å². The summed E-state index contributed by atoms with van der Waals surface area (Å²) < 4.78 is 37.0. The minimum Gasteiger partial charge on any atom is -0.395 e. The van der Waals surface area contributed by atoms with Crippen molar-refractivity contribution in [3.05, 3.63) is 35.4 Å². The highest BCUT2D eigenvalue weighted by atomic mass is 79.9. The van der Waals surface area contributed by atoms with Crippen molar-refractivity contribution in [2.75, 3.05) is 19.7 Å². The molecule has 0 radical (unpaired) electrons. The van der Waals surface area contributed by atoms with Gasteiger partial charge in [0.1, 0.15) is 6.54 Å². The van der Waals surface area contributed by atoms with Crippen LogP contribution in [0.4, 0.5) is 13.2 Å². The maximum Gasteiger partial charge on any atom is 0.406 e. The van der Waals surface area contributed by atoms with Crippen molar-refractivity contribution in [2.45, 2.75) is 11.5 Å². The van der Waals surface area contributed by atoms with Crippen molar-refractivity contribution in [3.8, 4) is 0 Å². The fourth-order valence-electron chi connectivity index (χ4n) is 1.51. The molecule has 0 unspecified atom stereocenters. The predicted molar refractivity (Wildman–Crippen MR) is 68.1 cm³/mol. The maximum absolute atomic E-state index is 12.3. The number of aliphatic hydroxyl groups is 1. The van der Waals surface area contributed by atoms with Crippen LogP contribution in [0, 0.1) is 0 Å². The normalized spacial score (nSPS) is 11.4. The van der Waals surface area contributed by atoms with Gasteiger partial charge in [0.15, 0.2) is 0 Å². The van der Waals surface area contributed by atoms with Gasteiger partial charge < -0.3 is 10.0 Å². The zero-order chi connectivity index (χ0) is 14.5. The lowest BCUT2D eigenvalue weighted by Gasteiger charge is -2.23. The number of hydrogen-bond acceptors (Lipinski definition) is 2. The van der Waals surface area contributed by atoms with Gasteiger partial charge in [0.25, 0.3) is 5.91 Å². The second-order valence-corrected chi connectivity index (χ2v) is 4.46. The molecule has 0 heterocycles. The number of hydrogen-bond donors (Lipinski definition) is 1. The number of aliphatic hydroxyl groups excluding tert-OH is 1. The van der Waals surface area contributed by atoms with Crippen LogP contribution in [0.15, 0.2) is 24.3 Å². The minimum absolute atomic E-state index is 0.169. The van der Waals surface area contributed by atoms with Crippen molar-refractivity contribution in [2.24, 2.45) is 0 Å². The molecule has 0 saturated heterocycles. The molecule has 1 N–H and O–H groups in total. The third-order valence-electron chi connectivity index (χ3n) is 2.38. The van der Waals surface area contributed by atoms with Gasteiger partial charge in [-0.15, -0.1) is 0 Å². The van der Waals surface area contributed by atoms with E-state index in [0.29, 0.717) is 10.2 Å². The second kappa shape index (κ2) is 6.91. The van der Waals surface area contributed by atoms with Crippen LogP contribution in [0.1, 0.15) is 15.9 Å².